The second-order valence-corrected chi connectivity index (χ2v) is 8.99. The van der Waals surface area contributed by atoms with E-state index in [9.17, 15) is 14.0 Å². The lowest BCUT2D eigenvalue weighted by Crippen LogP contribution is -2.60. The summed E-state index contributed by atoms with van der Waals surface area (Å²) in [6, 6.07) is 10.2. The van der Waals surface area contributed by atoms with Gasteiger partial charge in [0.05, 0.1) is 5.56 Å². The first kappa shape index (κ1) is 20.0. The average Bonchev–Trinajstić information content (AvgIpc) is 2.79. The predicted octanol–water partition coefficient (Wildman–Crippen LogP) is 2.99. The van der Waals surface area contributed by atoms with Crippen LogP contribution in [0.1, 0.15) is 41.6 Å². The van der Waals surface area contributed by atoms with E-state index in [0.29, 0.717) is 42.3 Å². The minimum absolute atomic E-state index is 0.199. The minimum Gasteiger partial charge on any atom is -0.356 e. The standard InChI is InChI=1S/C24H27FN4O2/c25-20-7-4-16(5-8-20)11-27-24(31)18-6-9-22(26-12-18)28-13-17-10-19(15-28)21-2-1-3-23(30)29(21)14-17/h4-9,12,17,19,21H,1-3,10-11,13-15H2,(H,27,31)/t17?,19?,21-/m1/s1. The number of halogens is 1. The van der Waals surface area contributed by atoms with E-state index in [4.69, 9.17) is 0 Å². The highest BCUT2D eigenvalue weighted by atomic mass is 19.1. The summed E-state index contributed by atoms with van der Waals surface area (Å²) in [6.45, 7) is 3.01. The highest BCUT2D eigenvalue weighted by Crippen LogP contribution is 2.38. The van der Waals surface area contributed by atoms with Crippen LogP contribution in [0.2, 0.25) is 0 Å². The normalized spacial score (nSPS) is 25.2. The molecule has 0 radical (unpaired) electrons. The fourth-order valence-corrected chi connectivity index (χ4v) is 5.39. The van der Waals surface area contributed by atoms with Gasteiger partial charge in [0, 0.05) is 44.8 Å². The van der Waals surface area contributed by atoms with E-state index in [-0.39, 0.29) is 11.7 Å². The van der Waals surface area contributed by atoms with Gasteiger partial charge in [0.15, 0.2) is 0 Å². The number of hydrogen-bond acceptors (Lipinski definition) is 4. The van der Waals surface area contributed by atoms with Gasteiger partial charge in [0.2, 0.25) is 5.91 Å². The number of anilines is 1. The summed E-state index contributed by atoms with van der Waals surface area (Å²) in [5.41, 5.74) is 1.35. The second kappa shape index (κ2) is 8.29. The Balaban J connectivity index is 1.21. The van der Waals surface area contributed by atoms with Crippen LogP contribution in [-0.2, 0) is 11.3 Å². The quantitative estimate of drug-likeness (QED) is 0.823. The summed E-state index contributed by atoms with van der Waals surface area (Å²) >= 11 is 0. The minimum atomic E-state index is -0.292. The van der Waals surface area contributed by atoms with E-state index in [1.165, 1.54) is 18.6 Å². The zero-order chi connectivity index (χ0) is 21.4. The molecule has 1 aromatic heterocycles. The van der Waals surface area contributed by atoms with E-state index in [1.54, 1.807) is 18.3 Å². The van der Waals surface area contributed by atoms with Crippen LogP contribution in [0.4, 0.5) is 10.2 Å². The first-order valence-electron chi connectivity index (χ1n) is 11.1. The molecule has 2 bridgehead atoms. The second-order valence-electron chi connectivity index (χ2n) is 8.99. The Morgan fingerprint density at radius 1 is 1.13 bits per heavy atom. The Hall–Kier alpha value is -2.96. The molecule has 1 aromatic carbocycles. The number of rotatable bonds is 4. The van der Waals surface area contributed by atoms with Crippen molar-refractivity contribution < 1.29 is 14.0 Å². The van der Waals surface area contributed by atoms with Crippen LogP contribution in [0.3, 0.4) is 0 Å². The van der Waals surface area contributed by atoms with Crippen molar-refractivity contribution in [2.24, 2.45) is 11.8 Å². The maximum absolute atomic E-state index is 13.0. The molecule has 3 aliphatic rings. The van der Waals surface area contributed by atoms with Crippen molar-refractivity contribution in [3.63, 3.8) is 0 Å². The Morgan fingerprint density at radius 3 is 2.74 bits per heavy atom. The van der Waals surface area contributed by atoms with Gasteiger partial charge in [0.25, 0.3) is 5.91 Å². The van der Waals surface area contributed by atoms with E-state index in [2.05, 4.69) is 20.1 Å². The number of aromatic nitrogens is 1. The van der Waals surface area contributed by atoms with Crippen molar-refractivity contribution in [1.82, 2.24) is 15.2 Å². The van der Waals surface area contributed by atoms with Crippen molar-refractivity contribution in [1.29, 1.82) is 0 Å². The fourth-order valence-electron chi connectivity index (χ4n) is 5.39. The number of carbonyl (C=O) groups excluding carboxylic acids is 2. The van der Waals surface area contributed by atoms with Crippen LogP contribution in [0, 0.1) is 17.7 Å². The molecule has 3 atom stereocenters. The third kappa shape index (κ3) is 4.13. The number of piperidine rings is 3. The maximum atomic E-state index is 13.0. The molecule has 4 heterocycles. The van der Waals surface area contributed by atoms with Crippen molar-refractivity contribution in [3.05, 3.63) is 59.5 Å². The third-order valence-electron chi connectivity index (χ3n) is 6.88. The number of carbonyl (C=O) groups is 2. The van der Waals surface area contributed by atoms with Crippen molar-refractivity contribution in [2.75, 3.05) is 24.5 Å². The monoisotopic (exact) mass is 422 g/mol. The van der Waals surface area contributed by atoms with Crippen LogP contribution in [0.15, 0.2) is 42.6 Å². The largest absolute Gasteiger partial charge is 0.356 e. The van der Waals surface area contributed by atoms with Crippen LogP contribution in [0.25, 0.3) is 0 Å². The fraction of sp³-hybridized carbons (Fsp3) is 0.458. The SMILES string of the molecule is O=C(NCc1ccc(F)cc1)c1ccc(N2CC3CC(C2)[C@H]2CCCC(=O)N2C3)nc1. The first-order valence-corrected chi connectivity index (χ1v) is 11.1. The summed E-state index contributed by atoms with van der Waals surface area (Å²) < 4.78 is 13.0. The van der Waals surface area contributed by atoms with Crippen molar-refractivity contribution >= 4 is 17.6 Å². The summed E-state index contributed by atoms with van der Waals surface area (Å²) in [5.74, 6) is 1.71. The molecule has 162 valence electrons. The van der Waals surface area contributed by atoms with Crippen LogP contribution in [-0.4, -0.2) is 47.4 Å². The Bertz CT molecular complexity index is 963. The molecular weight excluding hydrogens is 395 g/mol. The van der Waals surface area contributed by atoms with Gasteiger partial charge in [-0.1, -0.05) is 12.1 Å². The highest BCUT2D eigenvalue weighted by molar-refractivity contribution is 5.94. The van der Waals surface area contributed by atoms with Crippen LogP contribution >= 0.6 is 0 Å². The van der Waals surface area contributed by atoms with Gasteiger partial charge < -0.3 is 15.1 Å². The summed E-state index contributed by atoms with van der Waals surface area (Å²) in [4.78, 5) is 33.8. The van der Waals surface area contributed by atoms with Gasteiger partial charge in [-0.05, 0) is 60.9 Å². The molecule has 31 heavy (non-hydrogen) atoms. The molecule has 6 nitrogen and oxygen atoms in total. The topological polar surface area (TPSA) is 65.5 Å². The van der Waals surface area contributed by atoms with Gasteiger partial charge in [-0.15, -0.1) is 0 Å². The number of amides is 2. The molecule has 3 aliphatic heterocycles. The maximum Gasteiger partial charge on any atom is 0.253 e. The van der Waals surface area contributed by atoms with Gasteiger partial charge >= 0.3 is 0 Å². The molecule has 7 heteroatoms. The zero-order valence-corrected chi connectivity index (χ0v) is 17.5. The van der Waals surface area contributed by atoms with Gasteiger partial charge in [-0.25, -0.2) is 9.37 Å². The molecule has 5 rings (SSSR count). The Kier molecular flexibility index (Phi) is 5.34. The number of hydrogen-bond donors (Lipinski definition) is 1. The molecule has 3 saturated heterocycles. The van der Waals surface area contributed by atoms with Gasteiger partial charge in [-0.2, -0.15) is 0 Å². The molecular formula is C24H27FN4O2. The summed E-state index contributed by atoms with van der Waals surface area (Å²) in [6.07, 6.45) is 5.62. The molecule has 3 fully saturated rings. The highest BCUT2D eigenvalue weighted by Gasteiger charge is 2.44. The molecule has 2 unspecified atom stereocenters. The van der Waals surface area contributed by atoms with Gasteiger partial charge in [-0.3, -0.25) is 9.59 Å². The number of nitrogens with one attached hydrogen (secondary N) is 1. The Morgan fingerprint density at radius 2 is 1.97 bits per heavy atom. The van der Waals surface area contributed by atoms with E-state index in [0.717, 1.165) is 43.9 Å². The summed E-state index contributed by atoms with van der Waals surface area (Å²) in [5, 5.41) is 2.85. The van der Waals surface area contributed by atoms with Crippen molar-refractivity contribution in [2.45, 2.75) is 38.3 Å². The summed E-state index contributed by atoms with van der Waals surface area (Å²) in [7, 11) is 0. The number of nitrogens with zero attached hydrogens (tertiary/aromatic N) is 3. The molecule has 1 N–H and O–H groups in total. The van der Waals surface area contributed by atoms with Gasteiger partial charge in [0.1, 0.15) is 11.6 Å². The molecule has 0 saturated carbocycles. The van der Waals surface area contributed by atoms with Crippen LogP contribution < -0.4 is 10.2 Å². The lowest BCUT2D eigenvalue weighted by atomic mass is 9.76. The molecule has 0 spiro atoms. The van der Waals surface area contributed by atoms with E-state index in [1.807, 2.05) is 12.1 Å². The molecule has 2 amide bonds. The van der Waals surface area contributed by atoms with Crippen molar-refractivity contribution in [3.8, 4) is 0 Å². The zero-order valence-electron chi connectivity index (χ0n) is 17.5. The van der Waals surface area contributed by atoms with Crippen LogP contribution in [0.5, 0.6) is 0 Å². The molecule has 2 aromatic rings. The van der Waals surface area contributed by atoms with E-state index >= 15 is 0 Å². The molecule has 0 aliphatic carbocycles. The number of fused-ring (bicyclic) bond motifs is 4. The Labute approximate surface area is 181 Å². The lowest BCUT2D eigenvalue weighted by molar-refractivity contribution is -0.142. The first-order chi connectivity index (χ1) is 15.1. The third-order valence-corrected chi connectivity index (χ3v) is 6.88. The average molecular weight is 423 g/mol. The lowest BCUT2D eigenvalue weighted by Gasteiger charge is -2.52. The smallest absolute Gasteiger partial charge is 0.253 e. The van der Waals surface area contributed by atoms with E-state index < -0.39 is 0 Å². The predicted molar refractivity (Wildman–Crippen MR) is 115 cm³/mol. The number of benzene rings is 1. The number of pyridine rings is 1.